The number of ether oxygens (including phenoxy) is 1. The Hall–Kier alpha value is -4.10. The van der Waals surface area contributed by atoms with Crippen LogP contribution >= 0.6 is 0 Å². The Morgan fingerprint density at radius 3 is 2.33 bits per heavy atom. The Morgan fingerprint density at radius 1 is 1.02 bits per heavy atom. The summed E-state index contributed by atoms with van der Waals surface area (Å²) >= 11 is 0. The maximum absolute atomic E-state index is 13.2. The van der Waals surface area contributed by atoms with Crippen LogP contribution in [0.15, 0.2) is 76.1 Å². The number of nitrogens with two attached hydrogens (primary N) is 1. The standard InChI is InChI=1S/C30H33N7O5/c1-29(2)30(41)23(38)21(42-28(30)36-15-32-22-24(31)33-16-37(29)25(22)36)14-34(3)20(17-9-5-4-6-10-17)13-35-26(39)18-11-7-8-12-19(18)27(35)40/h4-12,15-16,20-21,23,25,28,38,41H,13-14,31H2,1-3H3/t20?,21-,23-,25?,28-,30-/m1/s1. The lowest BCUT2D eigenvalue weighted by Crippen LogP contribution is -2.79. The van der Waals surface area contributed by atoms with Gasteiger partial charge in [-0.2, -0.15) is 0 Å². The number of hydrogen-bond acceptors (Lipinski definition) is 11. The smallest absolute Gasteiger partial charge is 0.261 e. The Morgan fingerprint density at radius 2 is 1.67 bits per heavy atom. The molecule has 5 aliphatic heterocycles. The molecule has 0 spiro atoms. The van der Waals surface area contributed by atoms with Crippen LogP contribution in [0.1, 0.15) is 46.2 Å². The predicted molar refractivity (Wildman–Crippen MR) is 153 cm³/mol. The third kappa shape index (κ3) is 3.49. The molecule has 2 amide bonds. The molecule has 2 saturated heterocycles. The molecular formula is C30H33N7O5. The van der Waals surface area contributed by atoms with Crippen LogP contribution in [0.2, 0.25) is 0 Å². The van der Waals surface area contributed by atoms with Crippen molar-refractivity contribution in [1.82, 2.24) is 19.6 Å². The van der Waals surface area contributed by atoms with Crippen LogP contribution in [-0.2, 0) is 4.74 Å². The number of nitrogens with zero attached hydrogens (tertiary/aromatic N) is 6. The first kappa shape index (κ1) is 26.8. The highest BCUT2D eigenvalue weighted by Crippen LogP contribution is 2.51. The van der Waals surface area contributed by atoms with E-state index < -0.39 is 41.8 Å². The van der Waals surface area contributed by atoms with Gasteiger partial charge in [-0.1, -0.05) is 42.5 Å². The third-order valence-corrected chi connectivity index (χ3v) is 9.50. The molecule has 0 aliphatic carbocycles. The van der Waals surface area contributed by atoms with Crippen LogP contribution in [0.25, 0.3) is 0 Å². The van der Waals surface area contributed by atoms with Crippen LogP contribution in [0.5, 0.6) is 0 Å². The van der Waals surface area contributed by atoms with E-state index in [1.807, 2.05) is 61.0 Å². The average molecular weight is 572 g/mol. The van der Waals surface area contributed by atoms with Crippen molar-refractivity contribution >= 4 is 24.5 Å². The van der Waals surface area contributed by atoms with Crippen molar-refractivity contribution in [2.24, 2.45) is 15.7 Å². The second kappa shape index (κ2) is 9.20. The highest BCUT2D eigenvalue weighted by molar-refractivity contribution is 6.21. The van der Waals surface area contributed by atoms with E-state index in [0.29, 0.717) is 22.6 Å². The van der Waals surface area contributed by atoms with Gasteiger partial charge in [0, 0.05) is 13.1 Å². The molecule has 5 aliphatic rings. The molecule has 12 heteroatoms. The van der Waals surface area contributed by atoms with E-state index in [-0.39, 0.29) is 24.9 Å². The van der Waals surface area contributed by atoms with Crippen molar-refractivity contribution in [3.8, 4) is 0 Å². The molecule has 218 valence electrons. The first-order chi connectivity index (χ1) is 20.1. The molecule has 2 aromatic carbocycles. The van der Waals surface area contributed by atoms with E-state index in [0.717, 1.165) is 5.56 Å². The van der Waals surface area contributed by atoms with Crippen molar-refractivity contribution in [2.75, 3.05) is 20.1 Å². The van der Waals surface area contributed by atoms with E-state index in [2.05, 4.69) is 9.98 Å². The van der Waals surface area contributed by atoms with Gasteiger partial charge in [0.2, 0.25) is 0 Å². The zero-order valence-corrected chi connectivity index (χ0v) is 23.5. The van der Waals surface area contributed by atoms with Crippen molar-refractivity contribution < 1.29 is 24.5 Å². The first-order valence-electron chi connectivity index (χ1n) is 14.0. The van der Waals surface area contributed by atoms with Crippen LogP contribution in [0.3, 0.4) is 0 Å². The van der Waals surface area contributed by atoms with Gasteiger partial charge in [0.1, 0.15) is 17.9 Å². The van der Waals surface area contributed by atoms with Crippen LogP contribution < -0.4 is 5.73 Å². The Balaban J connectivity index is 1.18. The second-order valence-electron chi connectivity index (χ2n) is 12.0. The quantitative estimate of drug-likeness (QED) is 0.427. The lowest BCUT2D eigenvalue weighted by Gasteiger charge is -2.59. The lowest BCUT2D eigenvalue weighted by molar-refractivity contribution is -0.229. The highest BCUT2D eigenvalue weighted by atomic mass is 16.6. The molecule has 0 radical (unpaired) electrons. The van der Waals surface area contributed by atoms with Gasteiger partial charge < -0.3 is 30.5 Å². The van der Waals surface area contributed by atoms with Crippen LogP contribution in [0.4, 0.5) is 0 Å². The molecule has 6 atom stereocenters. The third-order valence-electron chi connectivity index (χ3n) is 9.50. The molecule has 5 heterocycles. The molecule has 0 bridgehead atoms. The van der Waals surface area contributed by atoms with Gasteiger partial charge >= 0.3 is 0 Å². The lowest BCUT2D eigenvalue weighted by atomic mass is 9.73. The number of carbonyl (C=O) groups is 2. The Bertz CT molecular complexity index is 1520. The summed E-state index contributed by atoms with van der Waals surface area (Å²) in [5.41, 5.74) is 5.62. The number of benzene rings is 2. The van der Waals surface area contributed by atoms with Crippen molar-refractivity contribution in [3.05, 3.63) is 82.8 Å². The van der Waals surface area contributed by atoms with Gasteiger partial charge in [-0.25, -0.2) is 9.98 Å². The van der Waals surface area contributed by atoms with E-state index in [4.69, 9.17) is 10.5 Å². The molecule has 42 heavy (non-hydrogen) atoms. The zero-order valence-electron chi connectivity index (χ0n) is 23.5. The number of aliphatic imine (C=N–C) groups is 2. The Labute approximate surface area is 243 Å². The van der Waals surface area contributed by atoms with Crippen molar-refractivity contribution in [1.29, 1.82) is 0 Å². The molecule has 0 saturated carbocycles. The molecule has 2 aromatic rings. The molecule has 7 rings (SSSR count). The van der Waals surface area contributed by atoms with Crippen molar-refractivity contribution in [3.63, 3.8) is 0 Å². The number of fused-ring (bicyclic) bond motifs is 3. The summed E-state index contributed by atoms with van der Waals surface area (Å²) in [6.45, 7) is 3.99. The van der Waals surface area contributed by atoms with Gasteiger partial charge in [-0.15, -0.1) is 0 Å². The normalized spacial score (nSPS) is 31.2. The van der Waals surface area contributed by atoms with E-state index >= 15 is 0 Å². The number of aliphatic hydroxyl groups is 2. The van der Waals surface area contributed by atoms with E-state index in [1.54, 1.807) is 41.8 Å². The fourth-order valence-electron chi connectivity index (χ4n) is 7.01. The Kier molecular flexibility index (Phi) is 5.87. The molecule has 12 nitrogen and oxygen atoms in total. The zero-order chi connectivity index (χ0) is 29.6. The van der Waals surface area contributed by atoms with Gasteiger partial charge in [-0.3, -0.25) is 19.4 Å². The largest absolute Gasteiger partial charge is 0.387 e. The number of carbonyl (C=O) groups excluding carboxylic acids is 2. The fourth-order valence-corrected chi connectivity index (χ4v) is 7.01. The molecule has 0 aromatic heterocycles. The summed E-state index contributed by atoms with van der Waals surface area (Å²) < 4.78 is 6.46. The summed E-state index contributed by atoms with van der Waals surface area (Å²) in [6.07, 6.45) is -0.265. The van der Waals surface area contributed by atoms with Crippen LogP contribution in [0, 0.1) is 0 Å². The summed E-state index contributed by atoms with van der Waals surface area (Å²) in [5, 5.41) is 24.0. The summed E-state index contributed by atoms with van der Waals surface area (Å²) in [5.74, 6) is -0.372. The number of likely N-dealkylation sites (N-methyl/N-ethyl adjacent to an activating group) is 1. The maximum atomic E-state index is 13.2. The number of amides is 2. The minimum Gasteiger partial charge on any atom is -0.387 e. The number of rotatable bonds is 6. The number of hydrogen-bond donors (Lipinski definition) is 3. The summed E-state index contributed by atoms with van der Waals surface area (Å²) in [7, 11) is 1.86. The predicted octanol–water partition coefficient (Wildman–Crippen LogP) is 0.707. The van der Waals surface area contributed by atoms with Gasteiger partial charge in [0.05, 0.1) is 35.4 Å². The minimum absolute atomic E-state index is 0.105. The SMILES string of the molecule is CN(C[C@H]1O[C@H]2N3C=NC4=C(N)N=CN(C43)C(C)(C)[C@@]2(O)[C@@H]1O)C(CN1C(=O)c2ccccc2C1=O)c1ccccc1. The topological polar surface area (TPSA) is 148 Å². The van der Waals surface area contributed by atoms with Crippen molar-refractivity contribution in [2.45, 2.75) is 55.6 Å². The number of imide groups is 1. The van der Waals surface area contributed by atoms with E-state index in [9.17, 15) is 19.8 Å². The summed E-state index contributed by atoms with van der Waals surface area (Å²) in [4.78, 5) is 42.1. The average Bonchev–Trinajstić information content (AvgIpc) is 3.61. The first-order valence-corrected chi connectivity index (χ1v) is 14.0. The van der Waals surface area contributed by atoms with Gasteiger partial charge in [0.25, 0.3) is 11.8 Å². The summed E-state index contributed by atoms with van der Waals surface area (Å²) in [6, 6.07) is 16.0. The van der Waals surface area contributed by atoms with Gasteiger partial charge in [0.15, 0.2) is 23.8 Å². The van der Waals surface area contributed by atoms with E-state index in [1.165, 1.54) is 4.90 Å². The molecule has 2 fully saturated rings. The minimum atomic E-state index is -1.72. The second-order valence-corrected chi connectivity index (χ2v) is 12.0. The molecule has 2 unspecified atom stereocenters. The molecular weight excluding hydrogens is 538 g/mol. The fraction of sp³-hybridized carbons (Fsp3) is 0.400. The van der Waals surface area contributed by atoms with Crippen LogP contribution in [-0.4, -0.2) is 110 Å². The monoisotopic (exact) mass is 571 g/mol. The maximum Gasteiger partial charge on any atom is 0.261 e. The van der Waals surface area contributed by atoms with Gasteiger partial charge in [-0.05, 0) is 38.6 Å². The number of aliphatic hydroxyl groups excluding tert-OH is 1. The highest BCUT2D eigenvalue weighted by Gasteiger charge is 2.71. The molecule has 4 N–H and O–H groups in total.